The van der Waals surface area contributed by atoms with E-state index in [1.165, 1.54) is 17.0 Å². The van der Waals surface area contributed by atoms with Crippen molar-refractivity contribution in [1.82, 2.24) is 20.1 Å². The SMILES string of the molecule is Cc1cc(/C=C2\NC(=O)NC2=O)c(C)n1-c1cc(C(=O)O)cc(C(=O)N(C)C)c1. The first-order chi connectivity index (χ1) is 13.6. The summed E-state index contributed by atoms with van der Waals surface area (Å²) >= 11 is 0. The van der Waals surface area contributed by atoms with Gasteiger partial charge in [-0.25, -0.2) is 9.59 Å². The van der Waals surface area contributed by atoms with Crippen LogP contribution < -0.4 is 10.6 Å². The minimum atomic E-state index is -1.14. The number of carbonyl (C=O) groups excluding carboxylic acids is 3. The number of urea groups is 1. The Morgan fingerprint density at radius 1 is 1.03 bits per heavy atom. The topological polar surface area (TPSA) is 121 Å². The van der Waals surface area contributed by atoms with Crippen LogP contribution in [0.25, 0.3) is 11.8 Å². The molecule has 1 fully saturated rings. The average molecular weight is 396 g/mol. The second kappa shape index (κ2) is 7.27. The van der Waals surface area contributed by atoms with E-state index in [1.807, 2.05) is 6.92 Å². The number of carboxylic acids is 1. The summed E-state index contributed by atoms with van der Waals surface area (Å²) in [7, 11) is 3.18. The predicted octanol–water partition coefficient (Wildman–Crippen LogP) is 1.67. The number of aromatic nitrogens is 1. The van der Waals surface area contributed by atoms with Crippen molar-refractivity contribution >= 4 is 29.9 Å². The van der Waals surface area contributed by atoms with Crippen molar-refractivity contribution in [3.05, 3.63) is 58.0 Å². The zero-order chi connectivity index (χ0) is 21.5. The highest BCUT2D eigenvalue weighted by atomic mass is 16.4. The molecular formula is C20H20N4O5. The number of benzene rings is 1. The van der Waals surface area contributed by atoms with E-state index in [0.29, 0.717) is 11.3 Å². The molecule has 0 saturated carbocycles. The number of carboxylic acid groups (broad SMARTS) is 1. The molecule has 1 aromatic heterocycles. The van der Waals surface area contributed by atoms with Crippen LogP contribution in [0.2, 0.25) is 0 Å². The maximum Gasteiger partial charge on any atom is 0.335 e. The molecule has 1 aromatic carbocycles. The first-order valence-electron chi connectivity index (χ1n) is 8.72. The maximum atomic E-state index is 12.4. The summed E-state index contributed by atoms with van der Waals surface area (Å²) < 4.78 is 1.79. The Morgan fingerprint density at radius 2 is 1.69 bits per heavy atom. The molecule has 0 radical (unpaired) electrons. The Kier molecular flexibility index (Phi) is 4.98. The second-order valence-corrected chi connectivity index (χ2v) is 6.90. The molecule has 2 heterocycles. The normalized spacial score (nSPS) is 14.7. The molecule has 1 saturated heterocycles. The minimum absolute atomic E-state index is 0.0115. The molecule has 150 valence electrons. The van der Waals surface area contributed by atoms with Crippen molar-refractivity contribution < 1.29 is 24.3 Å². The molecule has 1 aliphatic heterocycles. The zero-order valence-electron chi connectivity index (χ0n) is 16.4. The van der Waals surface area contributed by atoms with Crippen molar-refractivity contribution in [3.63, 3.8) is 0 Å². The van der Waals surface area contributed by atoms with Crippen LogP contribution in [0.15, 0.2) is 30.0 Å². The van der Waals surface area contributed by atoms with E-state index in [2.05, 4.69) is 10.6 Å². The van der Waals surface area contributed by atoms with Crippen LogP contribution in [-0.4, -0.2) is 52.5 Å². The van der Waals surface area contributed by atoms with Gasteiger partial charge in [-0.05, 0) is 49.8 Å². The van der Waals surface area contributed by atoms with Gasteiger partial charge in [0.2, 0.25) is 0 Å². The lowest BCUT2D eigenvalue weighted by molar-refractivity contribution is -0.115. The Balaban J connectivity index is 2.14. The van der Waals surface area contributed by atoms with Crippen molar-refractivity contribution in [3.8, 4) is 5.69 Å². The Hall–Kier alpha value is -3.88. The zero-order valence-corrected chi connectivity index (χ0v) is 16.4. The highest BCUT2D eigenvalue weighted by Crippen LogP contribution is 2.25. The smallest absolute Gasteiger partial charge is 0.335 e. The molecule has 9 heteroatoms. The number of rotatable bonds is 4. The highest BCUT2D eigenvalue weighted by Gasteiger charge is 2.24. The summed E-state index contributed by atoms with van der Waals surface area (Å²) in [6, 6.07) is 5.66. The van der Waals surface area contributed by atoms with E-state index >= 15 is 0 Å². The Labute approximate surface area is 166 Å². The Bertz CT molecular complexity index is 1090. The summed E-state index contributed by atoms with van der Waals surface area (Å²) in [6.07, 6.45) is 1.55. The van der Waals surface area contributed by atoms with Gasteiger partial charge < -0.3 is 19.9 Å². The third-order valence-corrected chi connectivity index (χ3v) is 4.57. The van der Waals surface area contributed by atoms with Gasteiger partial charge in [-0.1, -0.05) is 0 Å². The largest absolute Gasteiger partial charge is 0.478 e. The van der Waals surface area contributed by atoms with Crippen LogP contribution >= 0.6 is 0 Å². The molecule has 3 rings (SSSR count). The van der Waals surface area contributed by atoms with E-state index < -0.39 is 17.9 Å². The van der Waals surface area contributed by atoms with E-state index in [4.69, 9.17) is 0 Å². The summed E-state index contributed by atoms with van der Waals surface area (Å²) in [4.78, 5) is 48.4. The standard InChI is InChI=1S/C20H20N4O5/c1-10-5-12(9-16-17(25)22-20(29)21-16)11(2)24(10)15-7-13(18(26)23(3)4)6-14(8-15)19(27)28/h5-9H,1-4H3,(H,27,28)(H2,21,22,25,29)/b16-9-. The van der Waals surface area contributed by atoms with E-state index in [9.17, 15) is 24.3 Å². The predicted molar refractivity (Wildman–Crippen MR) is 105 cm³/mol. The van der Waals surface area contributed by atoms with E-state index in [1.54, 1.807) is 43.8 Å². The molecule has 4 amide bonds. The van der Waals surface area contributed by atoms with Gasteiger partial charge in [0.05, 0.1) is 5.56 Å². The third kappa shape index (κ3) is 3.75. The third-order valence-electron chi connectivity index (χ3n) is 4.57. The summed E-state index contributed by atoms with van der Waals surface area (Å²) in [5.74, 6) is -1.98. The van der Waals surface area contributed by atoms with Gasteiger partial charge >= 0.3 is 12.0 Å². The summed E-state index contributed by atoms with van der Waals surface area (Å²) in [5.41, 5.74) is 3.03. The van der Waals surface area contributed by atoms with Crippen LogP contribution in [-0.2, 0) is 4.79 Å². The lowest BCUT2D eigenvalue weighted by Gasteiger charge is -2.15. The number of imide groups is 1. The second-order valence-electron chi connectivity index (χ2n) is 6.90. The number of hydrogen-bond acceptors (Lipinski definition) is 4. The van der Waals surface area contributed by atoms with Crippen molar-refractivity contribution in [2.45, 2.75) is 13.8 Å². The van der Waals surface area contributed by atoms with Crippen LogP contribution in [0.4, 0.5) is 4.79 Å². The lowest BCUT2D eigenvalue weighted by Crippen LogP contribution is -2.22. The molecular weight excluding hydrogens is 376 g/mol. The van der Waals surface area contributed by atoms with Gasteiger partial charge in [-0.2, -0.15) is 0 Å². The van der Waals surface area contributed by atoms with Gasteiger partial charge in [0.15, 0.2) is 0 Å². The number of hydrogen-bond donors (Lipinski definition) is 3. The van der Waals surface area contributed by atoms with E-state index in [-0.39, 0.29) is 22.7 Å². The number of aryl methyl sites for hydroxylation is 1. The van der Waals surface area contributed by atoms with Gasteiger partial charge in [-0.3, -0.25) is 14.9 Å². The van der Waals surface area contributed by atoms with Crippen molar-refractivity contribution in [2.75, 3.05) is 14.1 Å². The van der Waals surface area contributed by atoms with Crippen molar-refractivity contribution in [1.29, 1.82) is 0 Å². The Morgan fingerprint density at radius 3 is 2.24 bits per heavy atom. The number of carbonyl (C=O) groups is 4. The molecule has 0 spiro atoms. The average Bonchev–Trinajstić information content (AvgIpc) is 3.11. The summed E-state index contributed by atoms with van der Waals surface area (Å²) in [6.45, 7) is 3.62. The van der Waals surface area contributed by atoms with Crippen LogP contribution in [0.3, 0.4) is 0 Å². The first-order valence-corrected chi connectivity index (χ1v) is 8.72. The van der Waals surface area contributed by atoms with Gasteiger partial charge in [0.1, 0.15) is 5.70 Å². The van der Waals surface area contributed by atoms with Gasteiger partial charge in [0, 0.05) is 36.7 Å². The number of nitrogens with one attached hydrogen (secondary N) is 2. The van der Waals surface area contributed by atoms with Crippen molar-refractivity contribution in [2.24, 2.45) is 0 Å². The number of amides is 4. The quantitative estimate of drug-likeness (QED) is 0.536. The molecule has 0 bridgehead atoms. The highest BCUT2D eigenvalue weighted by molar-refractivity contribution is 6.14. The molecule has 1 aliphatic rings. The minimum Gasteiger partial charge on any atom is -0.478 e. The van der Waals surface area contributed by atoms with E-state index in [0.717, 1.165) is 11.4 Å². The molecule has 0 aliphatic carbocycles. The molecule has 29 heavy (non-hydrogen) atoms. The van der Waals surface area contributed by atoms with Gasteiger partial charge in [0.25, 0.3) is 11.8 Å². The van der Waals surface area contributed by atoms with Crippen LogP contribution in [0.1, 0.15) is 37.7 Å². The fraction of sp³-hybridized carbons (Fsp3) is 0.200. The molecule has 2 aromatic rings. The van der Waals surface area contributed by atoms with Crippen LogP contribution in [0, 0.1) is 13.8 Å². The fourth-order valence-electron chi connectivity index (χ4n) is 3.21. The van der Waals surface area contributed by atoms with Crippen LogP contribution in [0.5, 0.6) is 0 Å². The molecule has 0 atom stereocenters. The monoisotopic (exact) mass is 396 g/mol. The lowest BCUT2D eigenvalue weighted by atomic mass is 10.1. The number of aromatic carboxylic acids is 1. The molecule has 3 N–H and O–H groups in total. The molecule has 9 nitrogen and oxygen atoms in total. The first kappa shape index (κ1) is 19.9. The fourth-order valence-corrected chi connectivity index (χ4v) is 3.21. The van der Waals surface area contributed by atoms with Gasteiger partial charge in [-0.15, -0.1) is 0 Å². The number of nitrogens with zero attached hydrogens (tertiary/aromatic N) is 2. The molecule has 0 unspecified atom stereocenters. The summed E-state index contributed by atoms with van der Waals surface area (Å²) in [5, 5.41) is 14.0. The maximum absolute atomic E-state index is 12.4.